The summed E-state index contributed by atoms with van der Waals surface area (Å²) < 4.78 is 41.3. The number of nitrogens with one attached hydrogen (secondary N) is 1. The smallest absolute Gasteiger partial charge is 0.342 e. The summed E-state index contributed by atoms with van der Waals surface area (Å²) in [6, 6.07) is 11.5. The number of aromatic nitrogens is 1. The van der Waals surface area contributed by atoms with Gasteiger partial charge >= 0.3 is 6.18 Å². The third-order valence-corrected chi connectivity index (χ3v) is 4.93. The second-order valence-electron chi connectivity index (χ2n) is 6.78. The first-order chi connectivity index (χ1) is 14.2. The van der Waals surface area contributed by atoms with Gasteiger partial charge in [-0.25, -0.2) is 0 Å². The Labute approximate surface area is 172 Å². The summed E-state index contributed by atoms with van der Waals surface area (Å²) in [5.41, 5.74) is -0.251. The Hall–Kier alpha value is -3.29. The first-order valence-corrected chi connectivity index (χ1v) is 9.58. The van der Waals surface area contributed by atoms with Crippen LogP contribution in [0.25, 0.3) is 10.9 Å². The molecule has 158 valence electrons. The predicted octanol–water partition coefficient (Wildman–Crippen LogP) is 4.78. The molecule has 0 aliphatic heterocycles. The summed E-state index contributed by atoms with van der Waals surface area (Å²) in [4.78, 5) is 26.5. The van der Waals surface area contributed by atoms with Crippen molar-refractivity contribution in [3.8, 4) is 0 Å². The second-order valence-corrected chi connectivity index (χ2v) is 6.78. The molecule has 1 N–H and O–H groups in total. The van der Waals surface area contributed by atoms with E-state index < -0.39 is 23.2 Å². The molecule has 0 radical (unpaired) electrons. The highest BCUT2D eigenvalue weighted by molar-refractivity contribution is 6.06. The average Bonchev–Trinajstić information content (AvgIpc) is 3.10. The molecule has 0 atom stereocenters. The van der Waals surface area contributed by atoms with Crippen LogP contribution in [0, 0.1) is 0 Å². The van der Waals surface area contributed by atoms with Crippen LogP contribution in [-0.2, 0) is 17.5 Å². The van der Waals surface area contributed by atoms with Crippen molar-refractivity contribution in [1.29, 1.82) is 0 Å². The number of anilines is 1. The zero-order valence-corrected chi connectivity index (χ0v) is 16.7. The first kappa shape index (κ1) is 21.4. The van der Waals surface area contributed by atoms with Crippen molar-refractivity contribution in [2.45, 2.75) is 26.6 Å². The van der Waals surface area contributed by atoms with Crippen LogP contribution >= 0.6 is 0 Å². The van der Waals surface area contributed by atoms with Gasteiger partial charge in [0.05, 0.1) is 11.1 Å². The van der Waals surface area contributed by atoms with E-state index in [0.717, 1.165) is 23.0 Å². The maximum Gasteiger partial charge on any atom is 0.417 e. The van der Waals surface area contributed by atoms with Gasteiger partial charge in [-0.05, 0) is 50.2 Å². The number of hydrogen-bond donors (Lipinski definition) is 1. The van der Waals surface area contributed by atoms with Crippen molar-refractivity contribution in [3.63, 3.8) is 0 Å². The highest BCUT2D eigenvalue weighted by Crippen LogP contribution is 2.32. The lowest BCUT2D eigenvalue weighted by Crippen LogP contribution is -2.33. The largest absolute Gasteiger partial charge is 0.417 e. The summed E-state index contributed by atoms with van der Waals surface area (Å²) in [7, 11) is 0. The number of halogens is 3. The van der Waals surface area contributed by atoms with E-state index in [1.54, 1.807) is 39.9 Å². The molecule has 0 saturated carbocycles. The molecule has 1 aromatic heterocycles. The average molecular weight is 417 g/mol. The molecule has 3 aromatic rings. The van der Waals surface area contributed by atoms with Gasteiger partial charge in [0.1, 0.15) is 6.54 Å². The number of benzene rings is 2. The molecule has 8 heteroatoms. The van der Waals surface area contributed by atoms with Crippen LogP contribution in [0.15, 0.2) is 54.7 Å². The first-order valence-electron chi connectivity index (χ1n) is 9.58. The second kappa shape index (κ2) is 8.61. The van der Waals surface area contributed by atoms with Crippen LogP contribution in [0.3, 0.4) is 0 Å². The van der Waals surface area contributed by atoms with E-state index in [1.807, 2.05) is 13.8 Å². The van der Waals surface area contributed by atoms with E-state index >= 15 is 0 Å². The fourth-order valence-electron chi connectivity index (χ4n) is 3.36. The summed E-state index contributed by atoms with van der Waals surface area (Å²) in [6.45, 7) is 5.28. The number of hydrogen-bond acceptors (Lipinski definition) is 2. The highest BCUT2D eigenvalue weighted by atomic mass is 19.4. The summed E-state index contributed by atoms with van der Waals surface area (Å²) in [5, 5.41) is 3.29. The van der Waals surface area contributed by atoms with Crippen molar-refractivity contribution in [2.75, 3.05) is 18.4 Å². The monoisotopic (exact) mass is 417 g/mol. The molecule has 5 nitrogen and oxygen atoms in total. The predicted molar refractivity (Wildman–Crippen MR) is 109 cm³/mol. The molecular weight excluding hydrogens is 395 g/mol. The van der Waals surface area contributed by atoms with Crippen molar-refractivity contribution < 1.29 is 22.8 Å². The molecule has 0 spiro atoms. The van der Waals surface area contributed by atoms with Crippen molar-refractivity contribution >= 4 is 28.4 Å². The Balaban J connectivity index is 1.81. The summed E-state index contributed by atoms with van der Waals surface area (Å²) in [6.07, 6.45) is -2.84. The summed E-state index contributed by atoms with van der Waals surface area (Å²) >= 11 is 0. The minimum absolute atomic E-state index is 0.00126. The van der Waals surface area contributed by atoms with Crippen molar-refractivity contribution in [1.82, 2.24) is 9.47 Å². The standard InChI is InChI=1S/C22H22F3N3O2/c1-3-27(4-2)20(29)14-28-12-11-15-13-16(9-10-19(15)28)26-21(30)17-7-5-6-8-18(17)22(23,24)25/h5-13H,3-4,14H2,1-2H3,(H,26,30). The fourth-order valence-corrected chi connectivity index (χ4v) is 3.36. The zero-order valence-electron chi connectivity index (χ0n) is 16.7. The Bertz CT molecular complexity index is 1070. The molecular formula is C22H22F3N3O2. The number of alkyl halides is 3. The van der Waals surface area contributed by atoms with E-state index in [2.05, 4.69) is 5.32 Å². The zero-order chi connectivity index (χ0) is 21.9. The number of carbonyl (C=O) groups is 2. The highest BCUT2D eigenvalue weighted by Gasteiger charge is 2.34. The SMILES string of the molecule is CCN(CC)C(=O)Cn1ccc2cc(NC(=O)c3ccccc3C(F)(F)F)ccc21. The fraction of sp³-hybridized carbons (Fsp3) is 0.273. The Morgan fingerprint density at radius 1 is 1.03 bits per heavy atom. The van der Waals surface area contributed by atoms with Gasteiger partial charge in [0.2, 0.25) is 5.91 Å². The van der Waals surface area contributed by atoms with Gasteiger partial charge < -0.3 is 14.8 Å². The van der Waals surface area contributed by atoms with E-state index in [9.17, 15) is 22.8 Å². The lowest BCUT2D eigenvalue weighted by molar-refractivity contribution is -0.138. The van der Waals surface area contributed by atoms with Crippen LogP contribution < -0.4 is 5.32 Å². The molecule has 3 rings (SSSR count). The van der Waals surface area contributed by atoms with Gasteiger partial charge in [-0.2, -0.15) is 13.2 Å². The molecule has 0 saturated heterocycles. The molecule has 0 fully saturated rings. The van der Waals surface area contributed by atoms with Crippen LogP contribution in [0.1, 0.15) is 29.8 Å². The molecule has 0 unspecified atom stereocenters. The molecule has 2 amide bonds. The number of amides is 2. The van der Waals surface area contributed by atoms with Gasteiger partial charge in [0.15, 0.2) is 0 Å². The number of rotatable bonds is 6. The third kappa shape index (κ3) is 4.48. The minimum Gasteiger partial charge on any atom is -0.342 e. The molecule has 0 aliphatic rings. The lowest BCUT2D eigenvalue weighted by Gasteiger charge is -2.19. The van der Waals surface area contributed by atoms with Crippen molar-refractivity contribution in [3.05, 3.63) is 65.9 Å². The van der Waals surface area contributed by atoms with Gasteiger partial charge in [-0.3, -0.25) is 9.59 Å². The quantitative estimate of drug-likeness (QED) is 0.628. The van der Waals surface area contributed by atoms with E-state index in [4.69, 9.17) is 0 Å². The van der Waals surface area contributed by atoms with Crippen LogP contribution in [-0.4, -0.2) is 34.4 Å². The molecule has 1 heterocycles. The number of likely N-dealkylation sites (N-methyl/N-ethyl adjacent to an activating group) is 1. The van der Waals surface area contributed by atoms with Gasteiger partial charge in [0.25, 0.3) is 5.91 Å². The normalized spacial score (nSPS) is 11.5. The van der Waals surface area contributed by atoms with Gasteiger partial charge in [-0.15, -0.1) is 0 Å². The third-order valence-electron chi connectivity index (χ3n) is 4.93. The van der Waals surface area contributed by atoms with Crippen LogP contribution in [0.4, 0.5) is 18.9 Å². The van der Waals surface area contributed by atoms with E-state index in [1.165, 1.54) is 12.1 Å². The topological polar surface area (TPSA) is 54.3 Å². The van der Waals surface area contributed by atoms with Gasteiger partial charge in [-0.1, -0.05) is 12.1 Å². The number of carbonyl (C=O) groups excluding carboxylic acids is 2. The number of nitrogens with zero attached hydrogens (tertiary/aromatic N) is 2. The van der Waals surface area contributed by atoms with Crippen LogP contribution in [0.5, 0.6) is 0 Å². The maximum absolute atomic E-state index is 13.2. The lowest BCUT2D eigenvalue weighted by atomic mass is 10.1. The summed E-state index contributed by atoms with van der Waals surface area (Å²) in [5.74, 6) is -0.836. The molecule has 30 heavy (non-hydrogen) atoms. The van der Waals surface area contributed by atoms with Crippen LogP contribution in [0.2, 0.25) is 0 Å². The Morgan fingerprint density at radius 3 is 2.40 bits per heavy atom. The Morgan fingerprint density at radius 2 is 1.73 bits per heavy atom. The van der Waals surface area contributed by atoms with E-state index in [-0.39, 0.29) is 12.5 Å². The van der Waals surface area contributed by atoms with Crippen molar-refractivity contribution in [2.24, 2.45) is 0 Å². The molecule has 2 aromatic carbocycles. The number of fused-ring (bicyclic) bond motifs is 1. The Kier molecular flexibility index (Phi) is 6.14. The maximum atomic E-state index is 13.2. The van der Waals surface area contributed by atoms with E-state index in [0.29, 0.717) is 18.8 Å². The molecule has 0 aliphatic carbocycles. The minimum atomic E-state index is -4.62. The molecule has 0 bridgehead atoms. The van der Waals surface area contributed by atoms with Gasteiger partial charge in [0, 0.05) is 35.9 Å².